The summed E-state index contributed by atoms with van der Waals surface area (Å²) in [5, 5.41) is 23.2. The quantitative estimate of drug-likeness (QED) is 0.607. The molecular formula is C9H11ClN2O3. The van der Waals surface area contributed by atoms with Crippen molar-refractivity contribution in [3.8, 4) is 0 Å². The number of benzene rings is 1. The predicted molar refractivity (Wildman–Crippen MR) is 57.0 cm³/mol. The molecule has 0 saturated carbocycles. The summed E-state index contributed by atoms with van der Waals surface area (Å²) in [4.78, 5) is 9.99. The third-order valence-electron chi connectivity index (χ3n) is 1.95. The van der Waals surface area contributed by atoms with Gasteiger partial charge in [0.2, 0.25) is 0 Å². The van der Waals surface area contributed by atoms with Crippen molar-refractivity contribution in [1.82, 2.24) is 5.32 Å². The third-order valence-corrected chi connectivity index (χ3v) is 2.29. The van der Waals surface area contributed by atoms with Crippen molar-refractivity contribution in [3.05, 3.63) is 38.9 Å². The van der Waals surface area contributed by atoms with Crippen LogP contribution in [0.2, 0.25) is 5.02 Å². The Morgan fingerprint density at radius 2 is 2.33 bits per heavy atom. The van der Waals surface area contributed by atoms with Crippen LogP contribution in [-0.4, -0.2) is 23.6 Å². The highest BCUT2D eigenvalue weighted by atomic mass is 35.5. The van der Waals surface area contributed by atoms with Crippen molar-refractivity contribution in [2.45, 2.75) is 6.10 Å². The fraction of sp³-hybridized carbons (Fsp3) is 0.333. The van der Waals surface area contributed by atoms with E-state index < -0.39 is 11.0 Å². The van der Waals surface area contributed by atoms with Gasteiger partial charge in [0.05, 0.1) is 11.0 Å². The molecule has 6 heteroatoms. The molecule has 0 radical (unpaired) electrons. The second kappa shape index (κ2) is 5.06. The topological polar surface area (TPSA) is 75.4 Å². The van der Waals surface area contributed by atoms with Crippen LogP contribution in [0, 0.1) is 10.1 Å². The van der Waals surface area contributed by atoms with Gasteiger partial charge in [0, 0.05) is 29.3 Å². The van der Waals surface area contributed by atoms with Gasteiger partial charge < -0.3 is 10.4 Å². The van der Waals surface area contributed by atoms with Crippen LogP contribution in [0.25, 0.3) is 0 Å². The predicted octanol–water partition coefficient (Wildman–Crippen LogP) is 1.50. The molecule has 0 fully saturated rings. The van der Waals surface area contributed by atoms with E-state index in [-0.39, 0.29) is 5.69 Å². The Balaban J connectivity index is 3.04. The number of nitro benzene ring substituents is 1. The minimum absolute atomic E-state index is 0.0791. The minimum Gasteiger partial charge on any atom is -0.387 e. The molecule has 1 rings (SSSR count). The second-order valence-electron chi connectivity index (χ2n) is 3.04. The van der Waals surface area contributed by atoms with Gasteiger partial charge in [-0.1, -0.05) is 11.6 Å². The lowest BCUT2D eigenvalue weighted by atomic mass is 10.1. The maximum atomic E-state index is 10.5. The summed E-state index contributed by atoms with van der Waals surface area (Å²) in [6.07, 6.45) is -0.845. The number of aliphatic hydroxyl groups excluding tert-OH is 1. The van der Waals surface area contributed by atoms with Crippen molar-refractivity contribution < 1.29 is 10.0 Å². The molecule has 1 aromatic carbocycles. The largest absolute Gasteiger partial charge is 0.387 e. The van der Waals surface area contributed by atoms with Gasteiger partial charge in [-0.25, -0.2) is 0 Å². The van der Waals surface area contributed by atoms with Crippen LogP contribution in [0.15, 0.2) is 18.2 Å². The van der Waals surface area contributed by atoms with Crippen LogP contribution in [0.5, 0.6) is 0 Å². The monoisotopic (exact) mass is 230 g/mol. The number of nitrogens with one attached hydrogen (secondary N) is 1. The van der Waals surface area contributed by atoms with E-state index in [9.17, 15) is 15.2 Å². The number of non-ortho nitro benzene ring substituents is 1. The maximum Gasteiger partial charge on any atom is 0.269 e. The van der Waals surface area contributed by atoms with Crippen molar-refractivity contribution in [2.75, 3.05) is 13.6 Å². The SMILES string of the molecule is CNCC(O)c1cc([N+](=O)[O-])ccc1Cl. The number of nitro groups is 1. The summed E-state index contributed by atoms with van der Waals surface area (Å²) in [6.45, 7) is 0.293. The molecule has 0 aromatic heterocycles. The molecule has 0 saturated heterocycles. The Morgan fingerprint density at radius 1 is 1.67 bits per heavy atom. The Morgan fingerprint density at radius 3 is 2.87 bits per heavy atom. The van der Waals surface area contributed by atoms with Gasteiger partial charge in [-0.2, -0.15) is 0 Å². The number of hydrogen-bond donors (Lipinski definition) is 2. The average molecular weight is 231 g/mol. The molecule has 82 valence electrons. The zero-order valence-electron chi connectivity index (χ0n) is 8.11. The molecule has 0 aliphatic rings. The molecule has 1 unspecified atom stereocenters. The fourth-order valence-electron chi connectivity index (χ4n) is 1.20. The minimum atomic E-state index is -0.845. The van der Waals surface area contributed by atoms with Gasteiger partial charge in [0.15, 0.2) is 0 Å². The first kappa shape index (κ1) is 11.9. The van der Waals surface area contributed by atoms with E-state index in [2.05, 4.69) is 5.32 Å². The molecule has 0 amide bonds. The Bertz CT molecular complexity index is 370. The van der Waals surface area contributed by atoms with Gasteiger partial charge in [-0.05, 0) is 13.1 Å². The van der Waals surface area contributed by atoms with E-state index in [4.69, 9.17) is 11.6 Å². The highest BCUT2D eigenvalue weighted by molar-refractivity contribution is 6.31. The molecule has 0 heterocycles. The molecule has 1 aromatic rings. The Kier molecular flexibility index (Phi) is 4.02. The third kappa shape index (κ3) is 2.89. The molecule has 2 N–H and O–H groups in total. The van der Waals surface area contributed by atoms with Crippen LogP contribution in [0.4, 0.5) is 5.69 Å². The van der Waals surface area contributed by atoms with E-state index in [1.807, 2.05) is 0 Å². The molecule has 1 atom stereocenters. The number of hydrogen-bond acceptors (Lipinski definition) is 4. The molecule has 0 spiro atoms. The number of nitrogens with zero attached hydrogens (tertiary/aromatic N) is 1. The Labute approximate surface area is 91.8 Å². The lowest BCUT2D eigenvalue weighted by Crippen LogP contribution is -2.17. The lowest BCUT2D eigenvalue weighted by Gasteiger charge is -2.11. The van der Waals surface area contributed by atoms with Crippen LogP contribution in [0.1, 0.15) is 11.7 Å². The van der Waals surface area contributed by atoms with Gasteiger partial charge in [0.1, 0.15) is 0 Å². The van der Waals surface area contributed by atoms with Crippen LogP contribution >= 0.6 is 11.6 Å². The summed E-state index contributed by atoms with van der Waals surface area (Å²) in [5.74, 6) is 0. The zero-order chi connectivity index (χ0) is 11.4. The highest BCUT2D eigenvalue weighted by Crippen LogP contribution is 2.26. The number of aliphatic hydroxyl groups is 1. The van der Waals surface area contributed by atoms with E-state index in [0.29, 0.717) is 17.1 Å². The Hall–Kier alpha value is -1.17. The molecule has 0 aliphatic heterocycles. The van der Waals surface area contributed by atoms with Crippen molar-refractivity contribution in [1.29, 1.82) is 0 Å². The number of rotatable bonds is 4. The first-order chi connectivity index (χ1) is 7.06. The van der Waals surface area contributed by atoms with Gasteiger partial charge in [0.25, 0.3) is 5.69 Å². The van der Waals surface area contributed by atoms with E-state index in [1.54, 1.807) is 7.05 Å². The highest BCUT2D eigenvalue weighted by Gasteiger charge is 2.15. The van der Waals surface area contributed by atoms with Gasteiger partial charge in [-0.3, -0.25) is 10.1 Å². The summed E-state index contributed by atoms with van der Waals surface area (Å²) < 4.78 is 0. The molecule has 5 nitrogen and oxygen atoms in total. The average Bonchev–Trinajstić information content (AvgIpc) is 2.18. The van der Waals surface area contributed by atoms with Crippen molar-refractivity contribution in [3.63, 3.8) is 0 Å². The van der Waals surface area contributed by atoms with Crippen LogP contribution in [-0.2, 0) is 0 Å². The molecular weight excluding hydrogens is 220 g/mol. The standard InChI is InChI=1S/C9H11ClN2O3/c1-11-5-9(13)7-4-6(12(14)15)2-3-8(7)10/h2-4,9,11,13H,5H2,1H3. The second-order valence-corrected chi connectivity index (χ2v) is 3.44. The van der Waals surface area contributed by atoms with Crippen LogP contribution in [0.3, 0.4) is 0 Å². The lowest BCUT2D eigenvalue weighted by molar-refractivity contribution is -0.385. The van der Waals surface area contributed by atoms with Crippen molar-refractivity contribution in [2.24, 2.45) is 0 Å². The van der Waals surface area contributed by atoms with Crippen molar-refractivity contribution >= 4 is 17.3 Å². The molecule has 0 bridgehead atoms. The zero-order valence-corrected chi connectivity index (χ0v) is 8.86. The van der Waals surface area contributed by atoms with Gasteiger partial charge in [-0.15, -0.1) is 0 Å². The van der Waals surface area contributed by atoms with Crippen LogP contribution < -0.4 is 5.32 Å². The maximum absolute atomic E-state index is 10.5. The first-order valence-electron chi connectivity index (χ1n) is 4.32. The number of halogens is 1. The first-order valence-corrected chi connectivity index (χ1v) is 4.70. The molecule has 15 heavy (non-hydrogen) atoms. The number of likely N-dealkylation sites (N-methyl/N-ethyl adjacent to an activating group) is 1. The molecule has 0 aliphatic carbocycles. The summed E-state index contributed by atoms with van der Waals surface area (Å²) >= 11 is 5.82. The van der Waals surface area contributed by atoms with E-state index >= 15 is 0 Å². The van der Waals surface area contributed by atoms with Gasteiger partial charge >= 0.3 is 0 Å². The summed E-state index contributed by atoms with van der Waals surface area (Å²) in [5.41, 5.74) is 0.282. The van der Waals surface area contributed by atoms with E-state index in [0.717, 1.165) is 0 Å². The fourth-order valence-corrected chi connectivity index (χ4v) is 1.45. The summed E-state index contributed by atoms with van der Waals surface area (Å²) in [7, 11) is 1.68. The van der Waals surface area contributed by atoms with E-state index in [1.165, 1.54) is 18.2 Å². The smallest absolute Gasteiger partial charge is 0.269 e. The summed E-state index contributed by atoms with van der Waals surface area (Å²) in [6, 6.07) is 4.00. The normalized spacial score (nSPS) is 12.5.